The number of benzene rings is 1. The molecule has 0 bridgehead atoms. The first kappa shape index (κ1) is 14.3. The van der Waals surface area contributed by atoms with Crippen molar-refractivity contribution in [3.05, 3.63) is 35.9 Å². The molecule has 1 rings (SSSR count). The first-order chi connectivity index (χ1) is 8.86. The van der Waals surface area contributed by atoms with Crippen LogP contribution in [0.3, 0.4) is 0 Å². The summed E-state index contributed by atoms with van der Waals surface area (Å²) in [7, 11) is 0. The third-order valence-corrected chi connectivity index (χ3v) is 3.17. The average molecular weight is 240 g/mol. The van der Waals surface area contributed by atoms with Crippen molar-refractivity contribution in [3.8, 4) is 12.1 Å². The molecule has 0 radical (unpaired) electrons. The Hall–Kier alpha value is -1.80. The van der Waals surface area contributed by atoms with E-state index in [1.807, 2.05) is 6.07 Å². The molecule has 0 aliphatic carbocycles. The fourth-order valence-electron chi connectivity index (χ4n) is 2.24. The number of hydrogen-bond donors (Lipinski definition) is 0. The third kappa shape index (κ3) is 6.06. The van der Waals surface area contributed by atoms with Gasteiger partial charge in [-0.1, -0.05) is 30.3 Å². The van der Waals surface area contributed by atoms with Gasteiger partial charge >= 0.3 is 0 Å². The molecule has 0 spiro atoms. The zero-order valence-corrected chi connectivity index (χ0v) is 10.8. The molecule has 0 saturated carbocycles. The van der Waals surface area contributed by atoms with Crippen molar-refractivity contribution < 1.29 is 0 Å². The molecule has 94 valence electrons. The normalized spacial score (nSPS) is 9.94. The number of unbranched alkanes of at least 4 members (excludes halogenated alkanes) is 2. The second-order valence-corrected chi connectivity index (χ2v) is 4.66. The van der Waals surface area contributed by atoms with E-state index in [4.69, 9.17) is 10.5 Å². The molecule has 1 aromatic carbocycles. The van der Waals surface area contributed by atoms with Gasteiger partial charge in [-0.2, -0.15) is 10.5 Å². The Balaban J connectivity index is 2.43. The van der Waals surface area contributed by atoms with Gasteiger partial charge in [0.1, 0.15) is 0 Å². The Kier molecular flexibility index (Phi) is 7.33. The van der Waals surface area contributed by atoms with Crippen LogP contribution in [0.25, 0.3) is 0 Å². The maximum atomic E-state index is 8.59. The van der Waals surface area contributed by atoms with E-state index in [0.29, 0.717) is 18.8 Å². The lowest BCUT2D eigenvalue weighted by Crippen LogP contribution is -2.05. The summed E-state index contributed by atoms with van der Waals surface area (Å²) in [6.45, 7) is 0. The molecule has 0 fully saturated rings. The van der Waals surface area contributed by atoms with Gasteiger partial charge in [-0.15, -0.1) is 0 Å². The van der Waals surface area contributed by atoms with Crippen molar-refractivity contribution in [2.75, 3.05) is 0 Å². The Morgan fingerprint density at radius 3 is 1.94 bits per heavy atom. The second-order valence-electron chi connectivity index (χ2n) is 4.66. The van der Waals surface area contributed by atoms with Crippen LogP contribution in [0.2, 0.25) is 0 Å². The Morgan fingerprint density at radius 1 is 0.889 bits per heavy atom. The van der Waals surface area contributed by atoms with Gasteiger partial charge in [0.15, 0.2) is 0 Å². The topological polar surface area (TPSA) is 47.6 Å². The van der Waals surface area contributed by atoms with Crippen molar-refractivity contribution >= 4 is 0 Å². The van der Waals surface area contributed by atoms with Crippen molar-refractivity contribution in [2.24, 2.45) is 5.92 Å². The molecule has 0 amide bonds. The van der Waals surface area contributed by atoms with Crippen LogP contribution in [0.4, 0.5) is 0 Å². The molecule has 0 heterocycles. The van der Waals surface area contributed by atoms with Gasteiger partial charge < -0.3 is 0 Å². The summed E-state index contributed by atoms with van der Waals surface area (Å²) < 4.78 is 0. The fraction of sp³-hybridized carbons (Fsp3) is 0.500. The summed E-state index contributed by atoms with van der Waals surface area (Å²) in [5.41, 5.74) is 1.36. The largest absolute Gasteiger partial charge is 0.198 e. The van der Waals surface area contributed by atoms with Crippen LogP contribution in [0.5, 0.6) is 0 Å². The molecule has 0 atom stereocenters. The van der Waals surface area contributed by atoms with Crippen LogP contribution in [-0.2, 0) is 6.42 Å². The first-order valence-corrected chi connectivity index (χ1v) is 6.64. The highest BCUT2D eigenvalue weighted by atomic mass is 14.2. The van der Waals surface area contributed by atoms with Gasteiger partial charge in [0, 0.05) is 12.8 Å². The molecule has 0 aliphatic rings. The van der Waals surface area contributed by atoms with Gasteiger partial charge in [-0.25, -0.2) is 0 Å². The molecule has 2 nitrogen and oxygen atoms in total. The molecule has 1 aromatic rings. The second kappa shape index (κ2) is 9.25. The fourth-order valence-corrected chi connectivity index (χ4v) is 2.24. The highest BCUT2D eigenvalue weighted by Crippen LogP contribution is 2.20. The highest BCUT2D eigenvalue weighted by Gasteiger charge is 2.09. The van der Waals surface area contributed by atoms with Crippen LogP contribution < -0.4 is 0 Å². The van der Waals surface area contributed by atoms with E-state index >= 15 is 0 Å². The summed E-state index contributed by atoms with van der Waals surface area (Å²) in [5.74, 6) is 0.606. The minimum Gasteiger partial charge on any atom is -0.198 e. The molecular formula is C16H20N2. The molecule has 0 aromatic heterocycles. The number of rotatable bonds is 8. The SMILES string of the molecule is N#CCCCC(CCCC#N)Cc1ccccc1. The summed E-state index contributed by atoms with van der Waals surface area (Å²) in [5, 5.41) is 17.2. The minimum atomic E-state index is 0.606. The van der Waals surface area contributed by atoms with E-state index < -0.39 is 0 Å². The highest BCUT2D eigenvalue weighted by molar-refractivity contribution is 5.15. The standard InChI is InChI=1S/C16H20N2/c17-12-6-4-10-16(11-5-7-13-18)14-15-8-2-1-3-9-15/h1-3,8-9,16H,4-7,10-11,14H2. The number of nitriles is 2. The molecule has 0 aliphatic heterocycles. The lowest BCUT2D eigenvalue weighted by atomic mass is 9.90. The van der Waals surface area contributed by atoms with Gasteiger partial charge in [0.25, 0.3) is 0 Å². The zero-order valence-electron chi connectivity index (χ0n) is 10.8. The number of hydrogen-bond acceptors (Lipinski definition) is 2. The molecule has 0 saturated heterocycles. The third-order valence-electron chi connectivity index (χ3n) is 3.17. The first-order valence-electron chi connectivity index (χ1n) is 6.64. The van der Waals surface area contributed by atoms with E-state index in [-0.39, 0.29) is 0 Å². The maximum absolute atomic E-state index is 8.59. The van der Waals surface area contributed by atoms with Crippen LogP contribution >= 0.6 is 0 Å². The van der Waals surface area contributed by atoms with E-state index in [2.05, 4.69) is 36.4 Å². The van der Waals surface area contributed by atoms with Gasteiger partial charge in [-0.3, -0.25) is 0 Å². The molecule has 18 heavy (non-hydrogen) atoms. The van der Waals surface area contributed by atoms with Crippen LogP contribution in [0.15, 0.2) is 30.3 Å². The molecule has 0 N–H and O–H groups in total. The van der Waals surface area contributed by atoms with Crippen molar-refractivity contribution in [1.82, 2.24) is 0 Å². The maximum Gasteiger partial charge on any atom is 0.0621 e. The Bertz CT molecular complexity index is 377. The lowest BCUT2D eigenvalue weighted by molar-refractivity contribution is 0.426. The van der Waals surface area contributed by atoms with Crippen LogP contribution in [0.1, 0.15) is 44.1 Å². The minimum absolute atomic E-state index is 0.606. The monoisotopic (exact) mass is 240 g/mol. The summed E-state index contributed by atoms with van der Waals surface area (Å²) in [6.07, 6.45) is 6.48. The average Bonchev–Trinajstić information content (AvgIpc) is 2.40. The van der Waals surface area contributed by atoms with Gasteiger partial charge in [0.05, 0.1) is 12.1 Å². The quantitative estimate of drug-likeness (QED) is 0.638. The van der Waals surface area contributed by atoms with Gasteiger partial charge in [0.2, 0.25) is 0 Å². The summed E-state index contributed by atoms with van der Waals surface area (Å²) in [6, 6.07) is 14.9. The molecule has 0 unspecified atom stereocenters. The van der Waals surface area contributed by atoms with E-state index in [0.717, 1.165) is 32.1 Å². The molecule has 2 heteroatoms. The Morgan fingerprint density at radius 2 is 1.44 bits per heavy atom. The predicted molar refractivity (Wildman–Crippen MR) is 72.6 cm³/mol. The van der Waals surface area contributed by atoms with Crippen LogP contribution in [-0.4, -0.2) is 0 Å². The van der Waals surface area contributed by atoms with Gasteiger partial charge in [-0.05, 0) is 43.6 Å². The lowest BCUT2D eigenvalue weighted by Gasteiger charge is -2.15. The van der Waals surface area contributed by atoms with E-state index in [9.17, 15) is 0 Å². The predicted octanol–water partition coefficient (Wildman–Crippen LogP) is 4.23. The van der Waals surface area contributed by atoms with Crippen molar-refractivity contribution in [2.45, 2.75) is 44.9 Å². The van der Waals surface area contributed by atoms with Crippen molar-refractivity contribution in [1.29, 1.82) is 10.5 Å². The van der Waals surface area contributed by atoms with E-state index in [1.54, 1.807) is 0 Å². The zero-order chi connectivity index (χ0) is 13.1. The Labute approximate surface area is 110 Å². The summed E-state index contributed by atoms with van der Waals surface area (Å²) >= 11 is 0. The van der Waals surface area contributed by atoms with Crippen LogP contribution in [0, 0.1) is 28.6 Å². The summed E-state index contributed by atoms with van der Waals surface area (Å²) in [4.78, 5) is 0. The molecular weight excluding hydrogens is 220 g/mol. The van der Waals surface area contributed by atoms with E-state index in [1.165, 1.54) is 5.56 Å². The van der Waals surface area contributed by atoms with Crippen molar-refractivity contribution in [3.63, 3.8) is 0 Å². The smallest absolute Gasteiger partial charge is 0.0621 e. The number of nitrogens with zero attached hydrogens (tertiary/aromatic N) is 2.